The smallest absolute Gasteiger partial charge is 0.199 e. The number of para-hydroxylation sites is 1. The molecule has 3 nitrogen and oxygen atoms in total. The summed E-state index contributed by atoms with van der Waals surface area (Å²) >= 11 is 6.07. The van der Waals surface area contributed by atoms with Crippen molar-refractivity contribution in [2.24, 2.45) is 0 Å². The molecule has 4 heteroatoms. The van der Waals surface area contributed by atoms with Gasteiger partial charge in [-0.1, -0.05) is 18.2 Å². The van der Waals surface area contributed by atoms with E-state index >= 15 is 0 Å². The second kappa shape index (κ2) is 5.54. The first-order valence-electron chi connectivity index (χ1n) is 5.72. The molecule has 2 aromatic rings. The molecule has 0 fully saturated rings. The van der Waals surface area contributed by atoms with E-state index in [9.17, 15) is 0 Å². The number of hydrogen-bond acceptors (Lipinski definition) is 3. The van der Waals surface area contributed by atoms with Crippen molar-refractivity contribution in [3.8, 4) is 0 Å². The van der Waals surface area contributed by atoms with Crippen molar-refractivity contribution in [2.75, 3.05) is 6.61 Å². The zero-order valence-electron chi connectivity index (χ0n) is 9.74. The molecule has 1 aromatic carbocycles. The van der Waals surface area contributed by atoms with Crippen molar-refractivity contribution < 1.29 is 9.52 Å². The fourth-order valence-electron chi connectivity index (χ4n) is 1.81. The highest BCUT2D eigenvalue weighted by molar-refractivity contribution is 6.30. The van der Waals surface area contributed by atoms with Gasteiger partial charge in [0.25, 0.3) is 0 Å². The molecular weight excluding hydrogens is 238 g/mol. The quantitative estimate of drug-likeness (QED) is 0.861. The number of aliphatic hydroxyl groups is 1. The molecule has 0 aliphatic rings. The molecule has 1 heterocycles. The molecule has 17 heavy (non-hydrogen) atoms. The van der Waals surface area contributed by atoms with Crippen LogP contribution in [0.2, 0.25) is 5.22 Å². The molecule has 1 aromatic heterocycles. The minimum Gasteiger partial charge on any atom is -0.444 e. The molecule has 2 rings (SSSR count). The third kappa shape index (κ3) is 2.80. The molecule has 0 amide bonds. The summed E-state index contributed by atoms with van der Waals surface area (Å²) in [6, 6.07) is 8.05. The van der Waals surface area contributed by atoms with Gasteiger partial charge in [-0.25, -0.2) is 0 Å². The maximum absolute atomic E-state index is 8.84. The third-order valence-electron chi connectivity index (χ3n) is 2.84. The number of hydrogen-bond donors (Lipinski definition) is 2. The van der Waals surface area contributed by atoms with Crippen LogP contribution in [0.15, 0.2) is 28.7 Å². The van der Waals surface area contributed by atoms with Crippen LogP contribution in [0.5, 0.6) is 0 Å². The molecule has 1 unspecified atom stereocenters. The van der Waals surface area contributed by atoms with Gasteiger partial charge in [-0.15, -0.1) is 0 Å². The number of rotatable bonds is 5. The van der Waals surface area contributed by atoms with Crippen LogP contribution in [0.25, 0.3) is 11.0 Å². The highest BCUT2D eigenvalue weighted by atomic mass is 35.5. The Balaban J connectivity index is 2.15. The Kier molecular flexibility index (Phi) is 4.05. The van der Waals surface area contributed by atoms with E-state index in [2.05, 4.69) is 5.32 Å². The molecular formula is C13H16ClNO2. The number of fused-ring (bicyclic) bond motifs is 1. The standard InChI is InChI=1S/C13H16ClNO2/c1-9(6-7-16)15-8-11-10-4-2-3-5-12(10)17-13(11)14/h2-5,9,15-16H,6-8H2,1H3. The van der Waals surface area contributed by atoms with Crippen LogP contribution in [-0.4, -0.2) is 17.8 Å². The van der Waals surface area contributed by atoms with Gasteiger partial charge < -0.3 is 14.8 Å². The summed E-state index contributed by atoms with van der Waals surface area (Å²) in [5.74, 6) is 0. The summed E-state index contributed by atoms with van der Waals surface area (Å²) in [6.07, 6.45) is 0.730. The van der Waals surface area contributed by atoms with Crippen LogP contribution in [-0.2, 0) is 6.54 Å². The lowest BCUT2D eigenvalue weighted by Crippen LogP contribution is -2.26. The van der Waals surface area contributed by atoms with E-state index in [1.54, 1.807) is 0 Å². The first kappa shape index (κ1) is 12.4. The predicted molar refractivity (Wildman–Crippen MR) is 69.2 cm³/mol. The van der Waals surface area contributed by atoms with E-state index in [1.165, 1.54) is 0 Å². The van der Waals surface area contributed by atoms with Gasteiger partial charge in [0.2, 0.25) is 0 Å². The first-order chi connectivity index (χ1) is 8.22. The van der Waals surface area contributed by atoms with Crippen molar-refractivity contribution in [3.05, 3.63) is 35.0 Å². The van der Waals surface area contributed by atoms with E-state index in [0.717, 1.165) is 23.0 Å². The normalized spacial score (nSPS) is 13.1. The Morgan fingerprint density at radius 3 is 2.94 bits per heavy atom. The average Bonchev–Trinajstić information content (AvgIpc) is 2.62. The Morgan fingerprint density at radius 1 is 1.41 bits per heavy atom. The molecule has 0 saturated carbocycles. The summed E-state index contributed by atoms with van der Waals surface area (Å²) < 4.78 is 5.47. The highest BCUT2D eigenvalue weighted by Gasteiger charge is 2.12. The molecule has 0 radical (unpaired) electrons. The van der Waals surface area contributed by atoms with Crippen LogP contribution in [0.3, 0.4) is 0 Å². The van der Waals surface area contributed by atoms with E-state index in [1.807, 2.05) is 31.2 Å². The molecule has 92 valence electrons. The maximum Gasteiger partial charge on any atom is 0.199 e. The zero-order valence-corrected chi connectivity index (χ0v) is 10.5. The van der Waals surface area contributed by atoms with Gasteiger partial charge in [0, 0.05) is 30.1 Å². The predicted octanol–water partition coefficient (Wildman–Crippen LogP) is 2.95. The van der Waals surface area contributed by atoms with Crippen molar-refractivity contribution >= 4 is 22.6 Å². The molecule has 1 atom stereocenters. The van der Waals surface area contributed by atoms with Crippen molar-refractivity contribution in [3.63, 3.8) is 0 Å². The highest BCUT2D eigenvalue weighted by Crippen LogP contribution is 2.29. The Hall–Kier alpha value is -1.03. The molecule has 0 aliphatic heterocycles. The van der Waals surface area contributed by atoms with Crippen LogP contribution in [0.1, 0.15) is 18.9 Å². The Labute approximate surface area is 105 Å². The van der Waals surface area contributed by atoms with Crippen molar-refractivity contribution in [1.82, 2.24) is 5.32 Å². The Bertz CT molecular complexity index is 495. The number of aliphatic hydroxyl groups excluding tert-OH is 1. The lowest BCUT2D eigenvalue weighted by atomic mass is 10.1. The number of halogens is 1. The Morgan fingerprint density at radius 2 is 2.18 bits per heavy atom. The minimum absolute atomic E-state index is 0.189. The monoisotopic (exact) mass is 253 g/mol. The van der Waals surface area contributed by atoms with E-state index in [-0.39, 0.29) is 12.6 Å². The van der Waals surface area contributed by atoms with E-state index in [0.29, 0.717) is 11.8 Å². The lowest BCUT2D eigenvalue weighted by Gasteiger charge is -2.11. The van der Waals surface area contributed by atoms with Gasteiger partial charge in [0.05, 0.1) is 0 Å². The van der Waals surface area contributed by atoms with Crippen molar-refractivity contribution in [2.45, 2.75) is 25.9 Å². The summed E-state index contributed by atoms with van der Waals surface area (Å²) in [4.78, 5) is 0. The van der Waals surface area contributed by atoms with Gasteiger partial charge in [-0.2, -0.15) is 0 Å². The number of nitrogens with one attached hydrogen (secondary N) is 1. The molecule has 2 N–H and O–H groups in total. The number of furan rings is 1. The van der Waals surface area contributed by atoms with Crippen LogP contribution >= 0.6 is 11.6 Å². The SMILES string of the molecule is CC(CCO)NCc1c(Cl)oc2ccccc12. The summed E-state index contributed by atoms with van der Waals surface area (Å²) in [5.41, 5.74) is 1.79. The zero-order chi connectivity index (χ0) is 12.3. The summed E-state index contributed by atoms with van der Waals surface area (Å²) in [5, 5.41) is 13.6. The fourth-order valence-corrected chi connectivity index (χ4v) is 2.06. The first-order valence-corrected chi connectivity index (χ1v) is 6.10. The number of benzene rings is 1. The largest absolute Gasteiger partial charge is 0.444 e. The van der Waals surface area contributed by atoms with Gasteiger partial charge >= 0.3 is 0 Å². The van der Waals surface area contributed by atoms with E-state index < -0.39 is 0 Å². The molecule has 0 saturated heterocycles. The second-order valence-electron chi connectivity index (χ2n) is 4.14. The maximum atomic E-state index is 8.84. The van der Waals surface area contributed by atoms with Crippen molar-refractivity contribution in [1.29, 1.82) is 0 Å². The van der Waals surface area contributed by atoms with E-state index in [4.69, 9.17) is 21.1 Å². The molecule has 0 spiro atoms. The summed E-state index contributed by atoms with van der Waals surface area (Å²) in [6.45, 7) is 2.87. The van der Waals surface area contributed by atoms with Crippen LogP contribution < -0.4 is 5.32 Å². The van der Waals surface area contributed by atoms with Gasteiger partial charge in [0.15, 0.2) is 5.22 Å². The third-order valence-corrected chi connectivity index (χ3v) is 3.14. The average molecular weight is 254 g/mol. The topological polar surface area (TPSA) is 45.4 Å². The van der Waals surface area contributed by atoms with Gasteiger partial charge in [0.1, 0.15) is 5.58 Å². The van der Waals surface area contributed by atoms with Crippen LogP contribution in [0, 0.1) is 0 Å². The fraction of sp³-hybridized carbons (Fsp3) is 0.385. The van der Waals surface area contributed by atoms with Gasteiger partial charge in [-0.3, -0.25) is 0 Å². The summed E-state index contributed by atoms with van der Waals surface area (Å²) in [7, 11) is 0. The van der Waals surface area contributed by atoms with Crippen LogP contribution in [0.4, 0.5) is 0 Å². The molecule has 0 bridgehead atoms. The van der Waals surface area contributed by atoms with Gasteiger partial charge in [-0.05, 0) is 31.0 Å². The lowest BCUT2D eigenvalue weighted by molar-refractivity contribution is 0.268. The second-order valence-corrected chi connectivity index (χ2v) is 4.49. The minimum atomic E-state index is 0.189. The molecule has 0 aliphatic carbocycles.